The standard InChI is InChI=1S/C14H26N2/c1-11(2)16(7-5-6-15)14-9-12(3)8-13(4)10-14/h11-14H,5,7-10H2,1-4H3. The lowest BCUT2D eigenvalue weighted by Gasteiger charge is -2.41. The van der Waals surface area contributed by atoms with Gasteiger partial charge in [-0.3, -0.25) is 4.90 Å². The van der Waals surface area contributed by atoms with Crippen molar-refractivity contribution in [2.75, 3.05) is 6.54 Å². The fourth-order valence-corrected chi connectivity index (χ4v) is 3.22. The van der Waals surface area contributed by atoms with Crippen LogP contribution in [0.25, 0.3) is 0 Å². The predicted octanol–water partition coefficient (Wildman–Crippen LogP) is 3.44. The van der Waals surface area contributed by atoms with Crippen molar-refractivity contribution in [3.8, 4) is 6.07 Å². The van der Waals surface area contributed by atoms with Gasteiger partial charge < -0.3 is 0 Å². The Kier molecular flexibility index (Phi) is 5.28. The van der Waals surface area contributed by atoms with Crippen LogP contribution in [0, 0.1) is 23.2 Å². The van der Waals surface area contributed by atoms with Gasteiger partial charge in [0.25, 0.3) is 0 Å². The minimum absolute atomic E-state index is 0.566. The first-order valence-corrected chi connectivity index (χ1v) is 6.67. The Balaban J connectivity index is 2.59. The Morgan fingerprint density at radius 1 is 1.19 bits per heavy atom. The van der Waals surface area contributed by atoms with Crippen LogP contribution in [0.15, 0.2) is 0 Å². The van der Waals surface area contributed by atoms with E-state index < -0.39 is 0 Å². The largest absolute Gasteiger partial charge is 0.297 e. The van der Waals surface area contributed by atoms with E-state index >= 15 is 0 Å². The van der Waals surface area contributed by atoms with Crippen molar-refractivity contribution < 1.29 is 0 Å². The second-order valence-corrected chi connectivity index (χ2v) is 5.81. The molecule has 1 aliphatic carbocycles. The summed E-state index contributed by atoms with van der Waals surface area (Å²) in [5.74, 6) is 1.69. The SMILES string of the molecule is CC1CC(C)CC(N(CCC#N)C(C)C)C1. The van der Waals surface area contributed by atoms with E-state index in [1.54, 1.807) is 0 Å². The van der Waals surface area contributed by atoms with Crippen LogP contribution >= 0.6 is 0 Å². The highest BCUT2D eigenvalue weighted by atomic mass is 15.2. The molecule has 16 heavy (non-hydrogen) atoms. The Bertz CT molecular complexity index is 232. The Morgan fingerprint density at radius 2 is 1.75 bits per heavy atom. The van der Waals surface area contributed by atoms with Gasteiger partial charge in [-0.1, -0.05) is 13.8 Å². The molecule has 0 N–H and O–H groups in total. The normalized spacial score (nSPS) is 30.7. The highest BCUT2D eigenvalue weighted by Crippen LogP contribution is 2.32. The fourth-order valence-electron chi connectivity index (χ4n) is 3.22. The molecule has 92 valence electrons. The first kappa shape index (κ1) is 13.5. The van der Waals surface area contributed by atoms with E-state index in [1.165, 1.54) is 19.3 Å². The van der Waals surface area contributed by atoms with Crippen LogP contribution in [0.2, 0.25) is 0 Å². The second kappa shape index (κ2) is 6.25. The van der Waals surface area contributed by atoms with E-state index in [4.69, 9.17) is 5.26 Å². The lowest BCUT2D eigenvalue weighted by molar-refractivity contribution is 0.0851. The van der Waals surface area contributed by atoms with Crippen molar-refractivity contribution >= 4 is 0 Å². The molecule has 0 spiro atoms. The molecule has 0 aliphatic heterocycles. The summed E-state index contributed by atoms with van der Waals surface area (Å²) in [7, 11) is 0. The quantitative estimate of drug-likeness (QED) is 0.728. The molecule has 0 heterocycles. The zero-order valence-corrected chi connectivity index (χ0v) is 11.2. The number of hydrogen-bond donors (Lipinski definition) is 0. The molecule has 2 unspecified atom stereocenters. The first-order chi connectivity index (χ1) is 7.54. The molecule has 2 nitrogen and oxygen atoms in total. The van der Waals surface area contributed by atoms with Crippen molar-refractivity contribution in [3.63, 3.8) is 0 Å². The average Bonchev–Trinajstić information content (AvgIpc) is 2.16. The van der Waals surface area contributed by atoms with Gasteiger partial charge in [-0.15, -0.1) is 0 Å². The van der Waals surface area contributed by atoms with Crippen LogP contribution in [-0.4, -0.2) is 23.5 Å². The third-order valence-electron chi connectivity index (χ3n) is 3.77. The lowest BCUT2D eigenvalue weighted by atomic mass is 9.79. The summed E-state index contributed by atoms with van der Waals surface area (Å²) < 4.78 is 0. The molecule has 2 heteroatoms. The zero-order valence-electron chi connectivity index (χ0n) is 11.2. The molecule has 1 aliphatic rings. The maximum absolute atomic E-state index is 8.72. The van der Waals surface area contributed by atoms with Crippen LogP contribution in [0.1, 0.15) is 53.4 Å². The summed E-state index contributed by atoms with van der Waals surface area (Å²) in [6.07, 6.45) is 4.67. The minimum atomic E-state index is 0.566. The summed E-state index contributed by atoms with van der Waals surface area (Å²) >= 11 is 0. The van der Waals surface area contributed by atoms with E-state index in [2.05, 4.69) is 38.7 Å². The number of rotatable bonds is 4. The van der Waals surface area contributed by atoms with Gasteiger partial charge in [0.1, 0.15) is 0 Å². The molecule has 0 aromatic carbocycles. The van der Waals surface area contributed by atoms with Gasteiger partial charge in [0.15, 0.2) is 0 Å². The fraction of sp³-hybridized carbons (Fsp3) is 0.929. The van der Waals surface area contributed by atoms with Crippen molar-refractivity contribution in [2.24, 2.45) is 11.8 Å². The van der Waals surface area contributed by atoms with Gasteiger partial charge in [0, 0.05) is 25.0 Å². The Morgan fingerprint density at radius 3 is 2.19 bits per heavy atom. The summed E-state index contributed by atoms with van der Waals surface area (Å²) in [6, 6.07) is 3.54. The highest BCUT2D eigenvalue weighted by molar-refractivity contribution is 4.85. The molecule has 0 amide bonds. The van der Waals surface area contributed by atoms with E-state index in [-0.39, 0.29) is 0 Å². The van der Waals surface area contributed by atoms with Gasteiger partial charge in [0.2, 0.25) is 0 Å². The molecular weight excluding hydrogens is 196 g/mol. The van der Waals surface area contributed by atoms with Gasteiger partial charge in [-0.2, -0.15) is 5.26 Å². The molecule has 1 saturated carbocycles. The molecule has 0 bridgehead atoms. The van der Waals surface area contributed by atoms with Crippen molar-refractivity contribution in [1.82, 2.24) is 4.90 Å². The highest BCUT2D eigenvalue weighted by Gasteiger charge is 2.29. The number of nitriles is 1. The maximum atomic E-state index is 8.72. The summed E-state index contributed by atoms with van der Waals surface area (Å²) in [4.78, 5) is 2.54. The van der Waals surface area contributed by atoms with Crippen molar-refractivity contribution in [1.29, 1.82) is 5.26 Å². The Hall–Kier alpha value is -0.550. The van der Waals surface area contributed by atoms with Crippen LogP contribution in [0.5, 0.6) is 0 Å². The smallest absolute Gasteiger partial charge is 0.0635 e. The molecule has 0 aromatic heterocycles. The molecular formula is C14H26N2. The van der Waals surface area contributed by atoms with E-state index in [9.17, 15) is 0 Å². The summed E-state index contributed by atoms with van der Waals surface area (Å²) in [5.41, 5.74) is 0. The molecule has 0 radical (unpaired) electrons. The molecule has 0 aromatic rings. The number of nitrogens with zero attached hydrogens (tertiary/aromatic N) is 2. The van der Waals surface area contributed by atoms with Crippen molar-refractivity contribution in [2.45, 2.75) is 65.5 Å². The second-order valence-electron chi connectivity index (χ2n) is 5.81. The van der Waals surface area contributed by atoms with Gasteiger partial charge >= 0.3 is 0 Å². The molecule has 1 fully saturated rings. The van der Waals surface area contributed by atoms with Crippen LogP contribution in [-0.2, 0) is 0 Å². The van der Waals surface area contributed by atoms with Crippen molar-refractivity contribution in [3.05, 3.63) is 0 Å². The average molecular weight is 222 g/mol. The molecule has 1 rings (SSSR count). The van der Waals surface area contributed by atoms with E-state index in [0.29, 0.717) is 18.5 Å². The third-order valence-corrected chi connectivity index (χ3v) is 3.77. The monoisotopic (exact) mass is 222 g/mol. The Labute approximate surface area is 101 Å². The molecule has 0 saturated heterocycles. The van der Waals surface area contributed by atoms with Gasteiger partial charge in [-0.05, 0) is 44.9 Å². The topological polar surface area (TPSA) is 27.0 Å². The maximum Gasteiger partial charge on any atom is 0.0635 e. The number of hydrogen-bond acceptors (Lipinski definition) is 2. The first-order valence-electron chi connectivity index (χ1n) is 6.67. The van der Waals surface area contributed by atoms with Crippen LogP contribution in [0.4, 0.5) is 0 Å². The lowest BCUT2D eigenvalue weighted by Crippen LogP contribution is -2.44. The zero-order chi connectivity index (χ0) is 12.1. The third kappa shape index (κ3) is 3.79. The predicted molar refractivity (Wildman–Crippen MR) is 68.0 cm³/mol. The van der Waals surface area contributed by atoms with Gasteiger partial charge in [-0.25, -0.2) is 0 Å². The summed E-state index contributed by atoms with van der Waals surface area (Å²) in [5, 5.41) is 8.72. The van der Waals surface area contributed by atoms with Crippen LogP contribution < -0.4 is 0 Å². The van der Waals surface area contributed by atoms with E-state index in [1.807, 2.05) is 0 Å². The summed E-state index contributed by atoms with van der Waals surface area (Å²) in [6.45, 7) is 10.2. The molecule has 2 atom stereocenters. The van der Waals surface area contributed by atoms with E-state index in [0.717, 1.165) is 18.4 Å². The minimum Gasteiger partial charge on any atom is -0.297 e. The van der Waals surface area contributed by atoms with Crippen LogP contribution in [0.3, 0.4) is 0 Å². The van der Waals surface area contributed by atoms with Gasteiger partial charge in [0.05, 0.1) is 6.07 Å².